The molecule has 3 nitrogen and oxygen atoms in total. The first kappa shape index (κ1) is 21.2. The number of fused-ring (bicyclic) bond motifs is 5. The van der Waals surface area contributed by atoms with Crippen molar-refractivity contribution in [1.29, 1.82) is 0 Å². The molecule has 4 fully saturated rings. The highest BCUT2D eigenvalue weighted by molar-refractivity contribution is 5.89. The van der Waals surface area contributed by atoms with Crippen molar-refractivity contribution in [2.75, 3.05) is 0 Å². The number of Topliss-reactive ketones (excluding diaryl/α,β-unsaturated/α-hetero) is 1. The van der Waals surface area contributed by atoms with E-state index in [0.717, 1.165) is 37.0 Å². The predicted molar refractivity (Wildman–Crippen MR) is 122 cm³/mol. The van der Waals surface area contributed by atoms with Crippen LogP contribution in [-0.4, -0.2) is 17.9 Å². The molecule has 0 radical (unpaired) electrons. The summed E-state index contributed by atoms with van der Waals surface area (Å²) in [6.45, 7) is 6.80. The maximum Gasteiger partial charge on any atom is 0.338 e. The molecular weight excluding hydrogens is 384 g/mol. The van der Waals surface area contributed by atoms with E-state index in [0.29, 0.717) is 22.7 Å². The van der Waals surface area contributed by atoms with Crippen LogP contribution in [0.2, 0.25) is 0 Å². The first-order chi connectivity index (χ1) is 14.8. The molecular formula is C28H38O3. The number of benzene rings is 1. The second kappa shape index (κ2) is 7.74. The summed E-state index contributed by atoms with van der Waals surface area (Å²) in [5.74, 6) is 3.49. The number of ketones is 1. The molecule has 5 rings (SSSR count). The molecule has 0 amide bonds. The van der Waals surface area contributed by atoms with Gasteiger partial charge in [-0.3, -0.25) is 4.79 Å². The van der Waals surface area contributed by atoms with E-state index in [2.05, 4.69) is 13.8 Å². The molecule has 0 bridgehead atoms. The topological polar surface area (TPSA) is 43.4 Å². The van der Waals surface area contributed by atoms with Gasteiger partial charge in [0.25, 0.3) is 0 Å². The summed E-state index contributed by atoms with van der Waals surface area (Å²) >= 11 is 0. The minimum Gasteiger partial charge on any atom is -0.459 e. The molecule has 1 aromatic carbocycles. The number of hydrogen-bond donors (Lipinski definition) is 0. The van der Waals surface area contributed by atoms with Gasteiger partial charge in [-0.15, -0.1) is 0 Å². The molecule has 4 aliphatic carbocycles. The third-order valence-corrected chi connectivity index (χ3v) is 10.4. The maximum atomic E-state index is 12.6. The minimum atomic E-state index is -0.169. The number of esters is 1. The van der Waals surface area contributed by atoms with Crippen LogP contribution in [0.1, 0.15) is 88.9 Å². The summed E-state index contributed by atoms with van der Waals surface area (Å²) in [4.78, 5) is 24.9. The van der Waals surface area contributed by atoms with Crippen LogP contribution in [0, 0.1) is 40.4 Å². The summed E-state index contributed by atoms with van der Waals surface area (Å²) < 4.78 is 5.96. The van der Waals surface area contributed by atoms with E-state index >= 15 is 0 Å². The van der Waals surface area contributed by atoms with Crippen molar-refractivity contribution in [2.24, 2.45) is 40.4 Å². The molecule has 0 aromatic heterocycles. The number of rotatable bonds is 3. The summed E-state index contributed by atoms with van der Waals surface area (Å²) in [6, 6.07) is 9.41. The van der Waals surface area contributed by atoms with Crippen LogP contribution in [-0.2, 0) is 9.53 Å². The van der Waals surface area contributed by atoms with E-state index in [1.54, 1.807) is 0 Å². The molecule has 168 valence electrons. The number of carbonyl (C=O) groups is 2. The Kier molecular flexibility index (Phi) is 5.30. The molecule has 8 atom stereocenters. The van der Waals surface area contributed by atoms with E-state index < -0.39 is 0 Å². The van der Waals surface area contributed by atoms with Crippen LogP contribution in [0.5, 0.6) is 0 Å². The van der Waals surface area contributed by atoms with Crippen LogP contribution in [0.25, 0.3) is 0 Å². The highest BCUT2D eigenvalue weighted by Crippen LogP contribution is 2.67. The fraction of sp³-hybridized carbons (Fsp3) is 0.714. The van der Waals surface area contributed by atoms with E-state index in [-0.39, 0.29) is 23.4 Å². The van der Waals surface area contributed by atoms with Gasteiger partial charge < -0.3 is 4.74 Å². The van der Waals surface area contributed by atoms with Gasteiger partial charge in [0.2, 0.25) is 0 Å². The average molecular weight is 423 g/mol. The molecule has 4 aliphatic rings. The van der Waals surface area contributed by atoms with Gasteiger partial charge in [-0.25, -0.2) is 4.79 Å². The Bertz CT molecular complexity index is 847. The maximum absolute atomic E-state index is 12.6. The third-order valence-electron chi connectivity index (χ3n) is 10.4. The van der Waals surface area contributed by atoms with Crippen molar-refractivity contribution in [1.82, 2.24) is 0 Å². The van der Waals surface area contributed by atoms with Gasteiger partial charge in [-0.05, 0) is 111 Å². The Hall–Kier alpha value is -1.64. The Morgan fingerprint density at radius 3 is 2.32 bits per heavy atom. The van der Waals surface area contributed by atoms with Crippen molar-refractivity contribution in [3.05, 3.63) is 35.9 Å². The van der Waals surface area contributed by atoms with Crippen molar-refractivity contribution in [3.63, 3.8) is 0 Å². The zero-order valence-corrected chi connectivity index (χ0v) is 19.4. The largest absolute Gasteiger partial charge is 0.459 e. The average Bonchev–Trinajstić information content (AvgIpc) is 3.12. The molecule has 0 heterocycles. The van der Waals surface area contributed by atoms with Gasteiger partial charge in [0, 0.05) is 5.92 Å². The lowest BCUT2D eigenvalue weighted by atomic mass is 9.44. The molecule has 3 heteroatoms. The predicted octanol–water partition coefficient (Wildman–Crippen LogP) is 6.46. The fourth-order valence-corrected chi connectivity index (χ4v) is 8.79. The van der Waals surface area contributed by atoms with Crippen molar-refractivity contribution in [3.8, 4) is 0 Å². The fourth-order valence-electron chi connectivity index (χ4n) is 8.79. The molecule has 0 saturated heterocycles. The van der Waals surface area contributed by atoms with Crippen LogP contribution in [0.4, 0.5) is 0 Å². The van der Waals surface area contributed by atoms with Gasteiger partial charge in [-0.2, -0.15) is 0 Å². The zero-order valence-electron chi connectivity index (χ0n) is 19.4. The van der Waals surface area contributed by atoms with Crippen molar-refractivity contribution in [2.45, 2.75) is 84.7 Å². The smallest absolute Gasteiger partial charge is 0.338 e. The van der Waals surface area contributed by atoms with Gasteiger partial charge in [-0.1, -0.05) is 32.0 Å². The van der Waals surface area contributed by atoms with Gasteiger partial charge >= 0.3 is 5.97 Å². The zero-order chi connectivity index (χ0) is 21.8. The van der Waals surface area contributed by atoms with Gasteiger partial charge in [0.05, 0.1) is 5.56 Å². The van der Waals surface area contributed by atoms with E-state index in [9.17, 15) is 9.59 Å². The van der Waals surface area contributed by atoms with Crippen LogP contribution in [0.3, 0.4) is 0 Å². The lowest BCUT2D eigenvalue weighted by Gasteiger charge is -2.61. The SMILES string of the molecule is CC(=O)[C@H]1CC[C@H]2[C@@H]3CC[C@@H]4C[C@H](OC(=O)c5ccccc5)CC[C@]4(C)[C@H]3CC[C@]12C. The quantitative estimate of drug-likeness (QED) is 0.525. The van der Waals surface area contributed by atoms with E-state index in [1.165, 1.54) is 38.5 Å². The standard InChI is InChI=1S/C28H38O3/c1-18(29)23-11-12-24-22-10-9-20-17-21(31-26(30)19-7-5-4-6-8-19)13-15-27(20,2)25(22)14-16-28(23,24)3/h4-8,20-25H,9-17H2,1-3H3/t20-,21-,22+,23-,24+,25+,27+,28-/m1/s1. The lowest BCUT2D eigenvalue weighted by molar-refractivity contribution is -0.138. The first-order valence-electron chi connectivity index (χ1n) is 12.6. The van der Waals surface area contributed by atoms with Crippen LogP contribution >= 0.6 is 0 Å². The summed E-state index contributed by atoms with van der Waals surface area (Å²) in [5.41, 5.74) is 1.26. The second-order valence-electron chi connectivity index (χ2n) is 11.6. The molecule has 1 aromatic rings. The summed E-state index contributed by atoms with van der Waals surface area (Å²) in [7, 11) is 0. The number of hydrogen-bond acceptors (Lipinski definition) is 3. The molecule has 0 unspecified atom stereocenters. The molecule has 31 heavy (non-hydrogen) atoms. The number of ether oxygens (including phenoxy) is 1. The third kappa shape index (κ3) is 3.38. The number of carbonyl (C=O) groups excluding carboxylic acids is 2. The Morgan fingerprint density at radius 1 is 0.871 bits per heavy atom. The first-order valence-corrected chi connectivity index (χ1v) is 12.6. The molecule has 0 aliphatic heterocycles. The molecule has 4 saturated carbocycles. The lowest BCUT2D eigenvalue weighted by Crippen LogP contribution is -2.54. The summed E-state index contributed by atoms with van der Waals surface area (Å²) in [5, 5.41) is 0. The Balaban J connectivity index is 1.28. The Morgan fingerprint density at radius 2 is 1.58 bits per heavy atom. The highest BCUT2D eigenvalue weighted by Gasteiger charge is 2.60. The highest BCUT2D eigenvalue weighted by atomic mass is 16.5. The second-order valence-corrected chi connectivity index (χ2v) is 11.6. The Labute approximate surface area is 187 Å². The monoisotopic (exact) mass is 422 g/mol. The normalized spacial score (nSPS) is 44.0. The molecule has 0 N–H and O–H groups in total. The van der Waals surface area contributed by atoms with E-state index in [4.69, 9.17) is 4.74 Å². The summed E-state index contributed by atoms with van der Waals surface area (Å²) in [6.07, 6.45) is 10.7. The van der Waals surface area contributed by atoms with Crippen LogP contribution < -0.4 is 0 Å². The van der Waals surface area contributed by atoms with Gasteiger partial charge in [0.15, 0.2) is 0 Å². The van der Waals surface area contributed by atoms with E-state index in [1.807, 2.05) is 37.3 Å². The van der Waals surface area contributed by atoms with Crippen molar-refractivity contribution >= 4 is 11.8 Å². The minimum absolute atomic E-state index is 0.0600. The van der Waals surface area contributed by atoms with Gasteiger partial charge in [0.1, 0.15) is 11.9 Å². The van der Waals surface area contributed by atoms with Crippen LogP contribution in [0.15, 0.2) is 30.3 Å². The van der Waals surface area contributed by atoms with Crippen molar-refractivity contribution < 1.29 is 14.3 Å². The molecule has 0 spiro atoms.